The molecule has 0 aromatic carbocycles. The van der Waals surface area contributed by atoms with Gasteiger partial charge in [-0.15, -0.1) is 0 Å². The van der Waals surface area contributed by atoms with Crippen LogP contribution in [-0.2, 0) is 4.79 Å². The molecule has 1 aliphatic heterocycles. The third-order valence-corrected chi connectivity index (χ3v) is 3.92. The molecule has 2 N–H and O–H groups in total. The van der Waals surface area contributed by atoms with E-state index in [1.807, 2.05) is 6.92 Å². The Morgan fingerprint density at radius 1 is 1.50 bits per heavy atom. The number of rotatable bonds is 3. The second kappa shape index (κ2) is 4.74. The molecule has 1 aliphatic rings. The van der Waals surface area contributed by atoms with Crippen molar-refractivity contribution >= 4 is 5.91 Å². The van der Waals surface area contributed by atoms with Crippen LogP contribution in [0.25, 0.3) is 0 Å². The average Bonchev–Trinajstić information content (AvgIpc) is 2.60. The summed E-state index contributed by atoms with van der Waals surface area (Å²) in [6.07, 6.45) is 2.04. The molecule has 0 saturated carbocycles. The third-order valence-electron chi connectivity index (χ3n) is 3.92. The Balaban J connectivity index is 2.41. The van der Waals surface area contributed by atoms with Crippen molar-refractivity contribution in [2.75, 3.05) is 13.1 Å². The molecule has 3 nitrogen and oxygen atoms in total. The van der Waals surface area contributed by atoms with E-state index in [4.69, 9.17) is 0 Å². The average molecular weight is 226 g/mol. The fourth-order valence-electron chi connectivity index (χ4n) is 1.84. The van der Waals surface area contributed by atoms with Crippen LogP contribution in [0, 0.1) is 11.3 Å². The van der Waals surface area contributed by atoms with E-state index in [-0.39, 0.29) is 16.9 Å². The second-order valence-corrected chi connectivity index (χ2v) is 6.34. The Bertz CT molecular complexity index is 249. The number of carbonyl (C=O) groups excluding carboxylic acids is 1. The van der Waals surface area contributed by atoms with Crippen molar-refractivity contribution in [2.45, 2.75) is 53.0 Å². The van der Waals surface area contributed by atoms with E-state index in [0.29, 0.717) is 5.92 Å². The Kier molecular flexibility index (Phi) is 4.00. The molecule has 94 valence electrons. The van der Waals surface area contributed by atoms with E-state index in [2.05, 4.69) is 38.3 Å². The molecule has 0 aromatic rings. The predicted molar refractivity (Wildman–Crippen MR) is 67.3 cm³/mol. The lowest BCUT2D eigenvalue weighted by Crippen LogP contribution is -2.52. The largest absolute Gasteiger partial charge is 0.354 e. The van der Waals surface area contributed by atoms with Crippen LogP contribution in [0.5, 0.6) is 0 Å². The predicted octanol–water partition coefficient (Wildman–Crippen LogP) is 1.93. The summed E-state index contributed by atoms with van der Waals surface area (Å²) < 4.78 is 0. The van der Waals surface area contributed by atoms with Crippen LogP contribution in [0.1, 0.15) is 47.5 Å². The molecular formula is C13H26N2O. The fraction of sp³-hybridized carbons (Fsp3) is 0.923. The van der Waals surface area contributed by atoms with Crippen molar-refractivity contribution in [3.8, 4) is 0 Å². The highest BCUT2D eigenvalue weighted by Gasteiger charge is 2.36. The summed E-state index contributed by atoms with van der Waals surface area (Å²) in [5.74, 6) is 0.641. The van der Waals surface area contributed by atoms with E-state index in [1.54, 1.807) is 0 Å². The summed E-state index contributed by atoms with van der Waals surface area (Å²) in [6, 6.07) is 0. The molecule has 1 saturated heterocycles. The van der Waals surface area contributed by atoms with Gasteiger partial charge in [-0.05, 0) is 37.6 Å². The number of amides is 1. The van der Waals surface area contributed by atoms with E-state index < -0.39 is 0 Å². The summed E-state index contributed by atoms with van der Waals surface area (Å²) in [5.41, 5.74) is -0.0884. The fourth-order valence-corrected chi connectivity index (χ4v) is 1.84. The first-order chi connectivity index (χ1) is 7.26. The van der Waals surface area contributed by atoms with E-state index in [1.165, 1.54) is 0 Å². The van der Waals surface area contributed by atoms with Crippen LogP contribution in [0.3, 0.4) is 0 Å². The summed E-state index contributed by atoms with van der Waals surface area (Å²) in [6.45, 7) is 12.5. The number of hydrogen-bond donors (Lipinski definition) is 2. The molecule has 3 heteroatoms. The third kappa shape index (κ3) is 3.21. The molecule has 16 heavy (non-hydrogen) atoms. The lowest BCUT2D eigenvalue weighted by molar-refractivity contribution is -0.126. The van der Waals surface area contributed by atoms with Gasteiger partial charge in [-0.25, -0.2) is 0 Å². The van der Waals surface area contributed by atoms with Gasteiger partial charge in [0.15, 0.2) is 0 Å². The van der Waals surface area contributed by atoms with Gasteiger partial charge in [0.25, 0.3) is 0 Å². The zero-order valence-electron chi connectivity index (χ0n) is 11.3. The van der Waals surface area contributed by atoms with Crippen molar-refractivity contribution in [3.63, 3.8) is 0 Å². The zero-order valence-corrected chi connectivity index (χ0v) is 11.3. The molecule has 1 rings (SSSR count). The summed E-state index contributed by atoms with van der Waals surface area (Å²) in [4.78, 5) is 12.0. The standard InChI is InChI=1S/C13H26N2O/c1-10(12(2,3)4)9-14-11(16)13(5)7-6-8-15-13/h10,15H,6-9H2,1-5H3,(H,14,16). The van der Waals surface area contributed by atoms with Gasteiger partial charge in [0.2, 0.25) is 5.91 Å². The molecular weight excluding hydrogens is 200 g/mol. The lowest BCUT2D eigenvalue weighted by Gasteiger charge is -2.29. The summed E-state index contributed by atoms with van der Waals surface area (Å²) in [7, 11) is 0. The normalized spacial score (nSPS) is 27.8. The van der Waals surface area contributed by atoms with Crippen molar-refractivity contribution in [1.29, 1.82) is 0 Å². The highest BCUT2D eigenvalue weighted by Crippen LogP contribution is 2.25. The lowest BCUT2D eigenvalue weighted by atomic mass is 9.82. The Morgan fingerprint density at radius 3 is 2.56 bits per heavy atom. The van der Waals surface area contributed by atoms with Gasteiger partial charge in [0.05, 0.1) is 5.54 Å². The maximum absolute atomic E-state index is 12.0. The first-order valence-electron chi connectivity index (χ1n) is 6.29. The van der Waals surface area contributed by atoms with Crippen molar-refractivity contribution < 1.29 is 4.79 Å². The topological polar surface area (TPSA) is 41.1 Å². The Labute approximate surface area is 99.4 Å². The van der Waals surface area contributed by atoms with Gasteiger partial charge < -0.3 is 10.6 Å². The molecule has 2 unspecified atom stereocenters. The maximum Gasteiger partial charge on any atom is 0.240 e. The van der Waals surface area contributed by atoms with Gasteiger partial charge in [-0.3, -0.25) is 4.79 Å². The van der Waals surface area contributed by atoms with E-state index >= 15 is 0 Å². The van der Waals surface area contributed by atoms with Crippen LogP contribution in [0.15, 0.2) is 0 Å². The second-order valence-electron chi connectivity index (χ2n) is 6.34. The van der Waals surface area contributed by atoms with Crippen molar-refractivity contribution in [2.24, 2.45) is 11.3 Å². The zero-order chi connectivity index (χ0) is 12.4. The summed E-state index contributed by atoms with van der Waals surface area (Å²) >= 11 is 0. The molecule has 1 amide bonds. The van der Waals surface area contributed by atoms with Crippen LogP contribution >= 0.6 is 0 Å². The molecule has 1 heterocycles. The maximum atomic E-state index is 12.0. The Morgan fingerprint density at radius 2 is 2.12 bits per heavy atom. The first-order valence-corrected chi connectivity index (χ1v) is 6.29. The molecule has 2 atom stereocenters. The molecule has 0 spiro atoms. The van der Waals surface area contributed by atoms with Gasteiger partial charge in [0.1, 0.15) is 0 Å². The van der Waals surface area contributed by atoms with Gasteiger partial charge in [-0.2, -0.15) is 0 Å². The van der Waals surface area contributed by atoms with Crippen LogP contribution < -0.4 is 10.6 Å². The van der Waals surface area contributed by atoms with Crippen LogP contribution in [0.4, 0.5) is 0 Å². The summed E-state index contributed by atoms with van der Waals surface area (Å²) in [5, 5.41) is 6.35. The molecule has 1 fully saturated rings. The molecule has 0 bridgehead atoms. The first kappa shape index (κ1) is 13.5. The van der Waals surface area contributed by atoms with Crippen molar-refractivity contribution in [1.82, 2.24) is 10.6 Å². The smallest absolute Gasteiger partial charge is 0.240 e. The highest BCUT2D eigenvalue weighted by molar-refractivity contribution is 5.86. The van der Waals surface area contributed by atoms with Gasteiger partial charge in [0, 0.05) is 6.54 Å². The van der Waals surface area contributed by atoms with Crippen molar-refractivity contribution in [3.05, 3.63) is 0 Å². The number of carbonyl (C=O) groups is 1. The highest BCUT2D eigenvalue weighted by atomic mass is 16.2. The van der Waals surface area contributed by atoms with Crippen LogP contribution in [-0.4, -0.2) is 24.5 Å². The quantitative estimate of drug-likeness (QED) is 0.772. The minimum Gasteiger partial charge on any atom is -0.354 e. The van der Waals surface area contributed by atoms with Crippen LogP contribution in [0.2, 0.25) is 0 Å². The SMILES string of the molecule is CC(CNC(=O)C1(C)CCCN1)C(C)(C)C. The molecule has 0 aromatic heterocycles. The van der Waals surface area contributed by atoms with Gasteiger partial charge in [-0.1, -0.05) is 27.7 Å². The van der Waals surface area contributed by atoms with E-state index in [9.17, 15) is 4.79 Å². The molecule has 0 aliphatic carbocycles. The monoisotopic (exact) mass is 226 g/mol. The van der Waals surface area contributed by atoms with E-state index in [0.717, 1.165) is 25.9 Å². The van der Waals surface area contributed by atoms with Gasteiger partial charge >= 0.3 is 0 Å². The number of hydrogen-bond acceptors (Lipinski definition) is 2. The molecule has 0 radical (unpaired) electrons. The number of nitrogens with one attached hydrogen (secondary N) is 2. The Hall–Kier alpha value is -0.570. The minimum atomic E-state index is -0.336. The minimum absolute atomic E-state index is 0.154.